The Morgan fingerprint density at radius 2 is 1.86 bits per heavy atom. The van der Waals surface area contributed by atoms with Gasteiger partial charge in [-0.25, -0.2) is 4.39 Å². The molecule has 0 saturated heterocycles. The molecule has 0 atom stereocenters. The lowest BCUT2D eigenvalue weighted by molar-refractivity contribution is -0.140. The Labute approximate surface area is 81.5 Å². The van der Waals surface area contributed by atoms with Gasteiger partial charge in [0.05, 0.1) is 10.6 Å². The average Bonchev–Trinajstić information content (AvgIpc) is 2.06. The number of nitrogens with zero attached hydrogens (tertiary/aromatic N) is 1. The van der Waals surface area contributed by atoms with Gasteiger partial charge < -0.3 is 0 Å². The molecule has 14 heavy (non-hydrogen) atoms. The molecule has 1 nitrogen and oxygen atoms in total. The topological polar surface area (TPSA) is 23.8 Å². The zero-order chi connectivity index (χ0) is 10.9. The summed E-state index contributed by atoms with van der Waals surface area (Å²) in [5.74, 6) is -1.50. The van der Waals surface area contributed by atoms with Crippen molar-refractivity contribution in [3.8, 4) is 6.07 Å². The third kappa shape index (κ3) is 1.80. The smallest absolute Gasteiger partial charge is 0.206 e. The first-order valence-corrected chi connectivity index (χ1v) is 3.71. The van der Waals surface area contributed by atoms with Crippen molar-refractivity contribution in [2.45, 2.75) is 6.18 Å². The summed E-state index contributed by atoms with van der Waals surface area (Å²) in [4.78, 5) is 0. The predicted molar refractivity (Wildman–Crippen MR) is 41.1 cm³/mol. The molecule has 0 aromatic heterocycles. The number of hydrogen-bond acceptors (Lipinski definition) is 1. The molecule has 0 aliphatic rings. The van der Waals surface area contributed by atoms with Crippen LogP contribution in [0.1, 0.15) is 11.1 Å². The van der Waals surface area contributed by atoms with E-state index < -0.39 is 28.1 Å². The van der Waals surface area contributed by atoms with Gasteiger partial charge in [0.2, 0.25) is 0 Å². The van der Waals surface area contributed by atoms with Gasteiger partial charge in [-0.2, -0.15) is 18.4 Å². The largest absolute Gasteiger partial charge is 0.420 e. The van der Waals surface area contributed by atoms with Gasteiger partial charge >= 0.3 is 6.18 Å². The fraction of sp³-hybridized carbons (Fsp3) is 0.125. The number of rotatable bonds is 0. The lowest BCUT2D eigenvalue weighted by atomic mass is 10.1. The van der Waals surface area contributed by atoms with Crippen molar-refractivity contribution in [3.63, 3.8) is 0 Å². The first kappa shape index (κ1) is 10.8. The van der Waals surface area contributed by atoms with Crippen LogP contribution in [-0.2, 0) is 6.18 Å². The van der Waals surface area contributed by atoms with Gasteiger partial charge in [0.25, 0.3) is 0 Å². The minimum Gasteiger partial charge on any atom is -0.206 e. The minimum absolute atomic E-state index is 0.416. The van der Waals surface area contributed by atoms with Crippen LogP contribution in [0.2, 0.25) is 5.02 Å². The van der Waals surface area contributed by atoms with Crippen LogP contribution in [0.15, 0.2) is 12.1 Å². The fourth-order valence-corrected chi connectivity index (χ4v) is 1.14. The molecule has 74 valence electrons. The van der Waals surface area contributed by atoms with Crippen LogP contribution in [0, 0.1) is 17.1 Å². The second-order valence-corrected chi connectivity index (χ2v) is 2.80. The first-order chi connectivity index (χ1) is 6.38. The van der Waals surface area contributed by atoms with Crippen LogP contribution in [-0.4, -0.2) is 0 Å². The maximum atomic E-state index is 12.8. The highest BCUT2D eigenvalue weighted by molar-refractivity contribution is 6.31. The lowest BCUT2D eigenvalue weighted by Crippen LogP contribution is -2.11. The second-order valence-electron chi connectivity index (χ2n) is 2.39. The Morgan fingerprint density at radius 1 is 1.29 bits per heavy atom. The Hall–Kier alpha value is -1.28. The van der Waals surface area contributed by atoms with Crippen LogP contribution in [0.5, 0.6) is 0 Å². The SMILES string of the molecule is N#Cc1c(Cl)ccc(F)c1C(F)(F)F. The summed E-state index contributed by atoms with van der Waals surface area (Å²) in [6.45, 7) is 0. The summed E-state index contributed by atoms with van der Waals surface area (Å²) in [6.07, 6.45) is -4.92. The van der Waals surface area contributed by atoms with Crippen molar-refractivity contribution in [2.75, 3.05) is 0 Å². The number of benzene rings is 1. The predicted octanol–water partition coefficient (Wildman–Crippen LogP) is 3.37. The summed E-state index contributed by atoms with van der Waals surface area (Å²) in [6, 6.07) is 2.70. The molecule has 0 aliphatic carbocycles. The molecule has 0 radical (unpaired) electrons. The molecule has 0 bridgehead atoms. The molecule has 0 unspecified atom stereocenters. The maximum absolute atomic E-state index is 12.8. The van der Waals surface area contributed by atoms with Crippen molar-refractivity contribution in [1.29, 1.82) is 5.26 Å². The second kappa shape index (κ2) is 3.46. The van der Waals surface area contributed by atoms with Gasteiger partial charge in [-0.3, -0.25) is 0 Å². The van der Waals surface area contributed by atoms with Crippen LogP contribution in [0.4, 0.5) is 17.6 Å². The third-order valence-corrected chi connectivity index (χ3v) is 1.81. The van der Waals surface area contributed by atoms with E-state index in [9.17, 15) is 17.6 Å². The van der Waals surface area contributed by atoms with Crippen molar-refractivity contribution < 1.29 is 17.6 Å². The molecule has 1 aromatic carbocycles. The van der Waals surface area contributed by atoms with Gasteiger partial charge in [-0.1, -0.05) is 11.6 Å². The summed E-state index contributed by atoms with van der Waals surface area (Å²) < 4.78 is 49.5. The number of alkyl halides is 3. The molecule has 6 heteroatoms. The van der Waals surface area contributed by atoms with Crippen LogP contribution in [0.25, 0.3) is 0 Å². The van der Waals surface area contributed by atoms with Gasteiger partial charge in [0.1, 0.15) is 17.4 Å². The third-order valence-electron chi connectivity index (χ3n) is 1.50. The van der Waals surface area contributed by atoms with E-state index in [0.29, 0.717) is 6.07 Å². The number of hydrogen-bond donors (Lipinski definition) is 0. The Morgan fingerprint density at radius 3 is 2.21 bits per heavy atom. The van der Waals surface area contributed by atoms with Crippen LogP contribution in [0.3, 0.4) is 0 Å². The van der Waals surface area contributed by atoms with Crippen molar-refractivity contribution in [3.05, 3.63) is 34.1 Å². The first-order valence-electron chi connectivity index (χ1n) is 3.33. The van der Waals surface area contributed by atoms with Gasteiger partial charge in [-0.05, 0) is 12.1 Å². The Balaban J connectivity index is 3.56. The minimum atomic E-state index is -4.92. The van der Waals surface area contributed by atoms with Crippen LogP contribution < -0.4 is 0 Å². The van der Waals surface area contributed by atoms with Gasteiger partial charge in [0.15, 0.2) is 0 Å². The van der Waals surface area contributed by atoms with E-state index in [4.69, 9.17) is 16.9 Å². The molecule has 0 fully saturated rings. The molecular weight excluding hydrogens is 222 g/mol. The van der Waals surface area contributed by atoms with Crippen molar-refractivity contribution >= 4 is 11.6 Å². The zero-order valence-electron chi connectivity index (χ0n) is 6.49. The van der Waals surface area contributed by atoms with E-state index in [1.165, 1.54) is 6.07 Å². The Kier molecular flexibility index (Phi) is 2.67. The highest BCUT2D eigenvalue weighted by Crippen LogP contribution is 2.36. The molecule has 1 rings (SSSR count). The Bertz CT molecular complexity index is 405. The van der Waals surface area contributed by atoms with E-state index in [0.717, 1.165) is 6.07 Å². The maximum Gasteiger partial charge on any atom is 0.420 e. The number of halogens is 5. The molecule has 1 aromatic rings. The molecule has 0 spiro atoms. The highest BCUT2D eigenvalue weighted by atomic mass is 35.5. The molecule has 0 amide bonds. The molecule has 0 aliphatic heterocycles. The normalized spacial score (nSPS) is 11.1. The monoisotopic (exact) mass is 223 g/mol. The van der Waals surface area contributed by atoms with Crippen molar-refractivity contribution in [1.82, 2.24) is 0 Å². The van der Waals surface area contributed by atoms with E-state index in [1.807, 2.05) is 0 Å². The lowest BCUT2D eigenvalue weighted by Gasteiger charge is -2.10. The quantitative estimate of drug-likeness (QED) is 0.619. The van der Waals surface area contributed by atoms with E-state index >= 15 is 0 Å². The summed E-state index contributed by atoms with van der Waals surface area (Å²) >= 11 is 5.32. The molecule has 0 heterocycles. The van der Waals surface area contributed by atoms with Gasteiger partial charge in [0, 0.05) is 0 Å². The molecular formula is C8H2ClF4N. The fourth-order valence-electron chi connectivity index (χ4n) is 0.938. The van der Waals surface area contributed by atoms with E-state index in [2.05, 4.69) is 0 Å². The standard InChI is InChI=1S/C8H2ClF4N/c9-5-1-2-6(10)7(4(5)3-14)8(11,12)13/h1-2H. The highest BCUT2D eigenvalue weighted by Gasteiger charge is 2.37. The van der Waals surface area contributed by atoms with Crippen LogP contribution >= 0.6 is 11.6 Å². The van der Waals surface area contributed by atoms with E-state index in [1.54, 1.807) is 0 Å². The average molecular weight is 224 g/mol. The number of nitriles is 1. The molecule has 0 saturated carbocycles. The summed E-state index contributed by atoms with van der Waals surface area (Å²) in [7, 11) is 0. The van der Waals surface area contributed by atoms with Gasteiger partial charge in [-0.15, -0.1) is 0 Å². The van der Waals surface area contributed by atoms with Crippen molar-refractivity contribution in [2.24, 2.45) is 0 Å². The summed E-state index contributed by atoms with van der Waals surface area (Å²) in [5.41, 5.74) is -2.51. The molecule has 0 N–H and O–H groups in total. The summed E-state index contributed by atoms with van der Waals surface area (Å²) in [5, 5.41) is 7.97. The zero-order valence-corrected chi connectivity index (χ0v) is 7.25. The van der Waals surface area contributed by atoms with E-state index in [-0.39, 0.29) is 0 Å².